The number of rotatable bonds is 5. The smallest absolute Gasteiger partial charge is 0.319 e. The number of benzene rings is 1. The van der Waals surface area contributed by atoms with E-state index in [9.17, 15) is 13.2 Å². The lowest BCUT2D eigenvalue weighted by Gasteiger charge is -2.18. The highest BCUT2D eigenvalue weighted by Crippen LogP contribution is 2.20. The van der Waals surface area contributed by atoms with Gasteiger partial charge in [0, 0.05) is 32.2 Å². The molecule has 0 spiro atoms. The lowest BCUT2D eigenvalue weighted by atomic mass is 9.94. The SMILES string of the molecule is CN1CCC/C1=N\S(=O)(=O)c1cccc(NC(=O)NCC2CC=CCC2)c1. The summed E-state index contributed by atoms with van der Waals surface area (Å²) in [5, 5.41) is 5.56. The Kier molecular flexibility index (Phi) is 6.15. The van der Waals surface area contributed by atoms with Gasteiger partial charge in [-0.15, -0.1) is 4.40 Å². The third-order valence-electron chi connectivity index (χ3n) is 4.88. The number of urea groups is 1. The summed E-state index contributed by atoms with van der Waals surface area (Å²) in [6.45, 7) is 1.42. The van der Waals surface area contributed by atoms with Crippen molar-refractivity contribution in [3.8, 4) is 0 Å². The van der Waals surface area contributed by atoms with Crippen molar-refractivity contribution in [2.75, 3.05) is 25.5 Å². The van der Waals surface area contributed by atoms with Gasteiger partial charge in [-0.25, -0.2) is 4.79 Å². The van der Waals surface area contributed by atoms with E-state index in [-0.39, 0.29) is 10.9 Å². The van der Waals surface area contributed by atoms with Gasteiger partial charge in [-0.2, -0.15) is 8.42 Å². The lowest BCUT2D eigenvalue weighted by molar-refractivity contribution is 0.249. The summed E-state index contributed by atoms with van der Waals surface area (Å²) in [7, 11) is -1.96. The summed E-state index contributed by atoms with van der Waals surface area (Å²) in [5.41, 5.74) is 0.428. The van der Waals surface area contributed by atoms with Crippen LogP contribution in [0.4, 0.5) is 10.5 Å². The van der Waals surface area contributed by atoms with Crippen LogP contribution in [0.3, 0.4) is 0 Å². The molecular formula is C19H26N4O3S. The van der Waals surface area contributed by atoms with Gasteiger partial charge in [0.1, 0.15) is 5.84 Å². The molecule has 1 aromatic carbocycles. The minimum Gasteiger partial charge on any atom is -0.362 e. The summed E-state index contributed by atoms with van der Waals surface area (Å²) >= 11 is 0. The number of allylic oxidation sites excluding steroid dienone is 2. The number of anilines is 1. The summed E-state index contributed by atoms with van der Waals surface area (Å²) in [5.74, 6) is 1.03. The fraction of sp³-hybridized carbons (Fsp3) is 0.474. The topological polar surface area (TPSA) is 90.9 Å². The van der Waals surface area contributed by atoms with Crippen molar-refractivity contribution in [2.45, 2.75) is 37.0 Å². The highest BCUT2D eigenvalue weighted by molar-refractivity contribution is 7.90. The van der Waals surface area contributed by atoms with Crippen molar-refractivity contribution >= 4 is 27.6 Å². The minimum atomic E-state index is -3.80. The van der Waals surface area contributed by atoms with E-state index >= 15 is 0 Å². The van der Waals surface area contributed by atoms with Gasteiger partial charge in [-0.3, -0.25) is 0 Å². The van der Waals surface area contributed by atoms with E-state index in [0.29, 0.717) is 30.4 Å². The fourth-order valence-electron chi connectivity index (χ4n) is 3.29. The predicted molar refractivity (Wildman–Crippen MR) is 106 cm³/mol. The van der Waals surface area contributed by atoms with Crippen LogP contribution in [-0.2, 0) is 10.0 Å². The van der Waals surface area contributed by atoms with Crippen LogP contribution < -0.4 is 10.6 Å². The number of amides is 2. The van der Waals surface area contributed by atoms with Crippen LogP contribution in [0.1, 0.15) is 32.1 Å². The van der Waals surface area contributed by atoms with Crippen LogP contribution in [0.15, 0.2) is 45.7 Å². The van der Waals surface area contributed by atoms with Gasteiger partial charge in [0.25, 0.3) is 10.0 Å². The molecule has 0 radical (unpaired) electrons. The van der Waals surface area contributed by atoms with Crippen molar-refractivity contribution in [3.63, 3.8) is 0 Å². The van der Waals surface area contributed by atoms with Gasteiger partial charge in [0.15, 0.2) is 0 Å². The van der Waals surface area contributed by atoms with E-state index in [0.717, 1.165) is 32.2 Å². The number of nitrogens with zero attached hydrogens (tertiary/aromatic N) is 2. The molecule has 3 rings (SSSR count). The Morgan fingerprint density at radius 1 is 1.33 bits per heavy atom. The molecule has 2 amide bonds. The molecule has 146 valence electrons. The van der Waals surface area contributed by atoms with Gasteiger partial charge in [-0.05, 0) is 49.8 Å². The number of hydrogen-bond donors (Lipinski definition) is 2. The van der Waals surface area contributed by atoms with Gasteiger partial charge < -0.3 is 15.5 Å². The molecule has 1 atom stereocenters. The second-order valence-corrected chi connectivity index (χ2v) is 8.63. The highest BCUT2D eigenvalue weighted by Gasteiger charge is 2.20. The molecule has 1 aliphatic carbocycles. The molecule has 1 aliphatic heterocycles. The van der Waals surface area contributed by atoms with Gasteiger partial charge in [-0.1, -0.05) is 18.2 Å². The van der Waals surface area contributed by atoms with Crippen LogP contribution in [0, 0.1) is 5.92 Å². The lowest BCUT2D eigenvalue weighted by Crippen LogP contribution is -2.33. The maximum atomic E-state index is 12.6. The monoisotopic (exact) mass is 390 g/mol. The van der Waals surface area contributed by atoms with Crippen molar-refractivity contribution in [1.82, 2.24) is 10.2 Å². The van der Waals surface area contributed by atoms with Crippen LogP contribution in [-0.4, -0.2) is 45.3 Å². The number of sulfonamides is 1. The Morgan fingerprint density at radius 2 is 2.19 bits per heavy atom. The quantitative estimate of drug-likeness (QED) is 0.756. The van der Waals surface area contributed by atoms with Crippen molar-refractivity contribution in [3.05, 3.63) is 36.4 Å². The number of carbonyl (C=O) groups excluding carboxylic acids is 1. The molecule has 2 aliphatic rings. The minimum absolute atomic E-state index is 0.0746. The van der Waals surface area contributed by atoms with Crippen LogP contribution in [0.25, 0.3) is 0 Å². The number of nitrogens with one attached hydrogen (secondary N) is 2. The molecule has 0 bridgehead atoms. The van der Waals surface area contributed by atoms with Crippen molar-refractivity contribution < 1.29 is 13.2 Å². The molecule has 1 saturated heterocycles. The molecule has 7 nitrogen and oxygen atoms in total. The Labute approximate surface area is 160 Å². The number of carbonyl (C=O) groups is 1. The fourth-order valence-corrected chi connectivity index (χ4v) is 4.43. The first-order chi connectivity index (χ1) is 12.9. The maximum Gasteiger partial charge on any atom is 0.319 e. The number of amidine groups is 1. The summed E-state index contributed by atoms with van der Waals surface area (Å²) < 4.78 is 29.1. The molecule has 2 N–H and O–H groups in total. The van der Waals surface area contributed by atoms with Crippen LogP contribution in [0.2, 0.25) is 0 Å². The van der Waals surface area contributed by atoms with Crippen molar-refractivity contribution in [1.29, 1.82) is 0 Å². The van der Waals surface area contributed by atoms with E-state index in [1.165, 1.54) is 12.1 Å². The van der Waals surface area contributed by atoms with Gasteiger partial charge in [0.05, 0.1) is 4.90 Å². The van der Waals surface area contributed by atoms with Gasteiger partial charge >= 0.3 is 6.03 Å². The first kappa shape index (κ1) is 19.4. The summed E-state index contributed by atoms with van der Waals surface area (Å²) in [6.07, 6.45) is 8.96. The molecule has 1 unspecified atom stereocenters. The first-order valence-corrected chi connectivity index (χ1v) is 10.7. The van der Waals surface area contributed by atoms with Crippen LogP contribution in [0.5, 0.6) is 0 Å². The second-order valence-electron chi connectivity index (χ2n) is 7.02. The zero-order chi connectivity index (χ0) is 19.3. The molecular weight excluding hydrogens is 364 g/mol. The number of likely N-dealkylation sites (tertiary alicyclic amines) is 1. The average Bonchev–Trinajstić information content (AvgIpc) is 3.05. The molecule has 8 heteroatoms. The molecule has 1 fully saturated rings. The Hall–Kier alpha value is -2.35. The largest absolute Gasteiger partial charge is 0.362 e. The van der Waals surface area contributed by atoms with Gasteiger partial charge in [0.2, 0.25) is 0 Å². The Morgan fingerprint density at radius 3 is 2.89 bits per heavy atom. The van der Waals surface area contributed by atoms with E-state index < -0.39 is 10.0 Å². The molecule has 0 saturated carbocycles. The first-order valence-electron chi connectivity index (χ1n) is 9.29. The summed E-state index contributed by atoms with van der Waals surface area (Å²) in [4.78, 5) is 14.0. The molecule has 1 heterocycles. The third-order valence-corrected chi connectivity index (χ3v) is 6.18. The van der Waals surface area contributed by atoms with E-state index in [1.807, 2.05) is 11.9 Å². The normalized spacial score (nSPS) is 21.4. The number of hydrogen-bond acceptors (Lipinski definition) is 3. The molecule has 1 aromatic rings. The Balaban J connectivity index is 1.62. The zero-order valence-corrected chi connectivity index (χ0v) is 16.3. The highest BCUT2D eigenvalue weighted by atomic mass is 32.2. The van der Waals surface area contributed by atoms with E-state index in [2.05, 4.69) is 27.2 Å². The maximum absolute atomic E-state index is 12.6. The summed E-state index contributed by atoms with van der Waals surface area (Å²) in [6, 6.07) is 5.87. The molecule has 0 aromatic heterocycles. The molecule has 27 heavy (non-hydrogen) atoms. The van der Waals surface area contributed by atoms with Crippen molar-refractivity contribution in [2.24, 2.45) is 10.3 Å². The van der Waals surface area contributed by atoms with E-state index in [4.69, 9.17) is 0 Å². The Bertz CT molecular complexity index is 848. The van der Waals surface area contributed by atoms with E-state index in [1.54, 1.807) is 12.1 Å². The second kappa shape index (κ2) is 8.56. The zero-order valence-electron chi connectivity index (χ0n) is 15.5. The standard InChI is InChI=1S/C19H26N4O3S/c1-23-12-6-11-18(23)22-27(25,26)17-10-5-9-16(13-17)21-19(24)20-14-15-7-3-2-4-8-15/h2-3,5,9-10,13,15H,4,6-8,11-12,14H2,1H3,(H2,20,21,24)/b22-18+. The average molecular weight is 391 g/mol. The predicted octanol–water partition coefficient (Wildman–Crippen LogP) is 2.98. The third kappa shape index (κ3) is 5.32. The van der Waals surface area contributed by atoms with Crippen LogP contribution >= 0.6 is 0 Å².